The molecule has 0 aliphatic carbocycles. The van der Waals surface area contributed by atoms with Crippen molar-refractivity contribution in [3.8, 4) is 5.75 Å². The van der Waals surface area contributed by atoms with E-state index in [9.17, 15) is 4.79 Å². The second kappa shape index (κ2) is 7.42. The van der Waals surface area contributed by atoms with Crippen LogP contribution >= 0.6 is 0 Å². The quantitative estimate of drug-likeness (QED) is 0.761. The number of carbonyl (C=O) groups excluding carboxylic acids is 1. The van der Waals surface area contributed by atoms with Crippen LogP contribution in [0.5, 0.6) is 5.75 Å². The van der Waals surface area contributed by atoms with E-state index in [1.165, 1.54) is 12.8 Å². The molecule has 1 saturated heterocycles. The van der Waals surface area contributed by atoms with E-state index >= 15 is 0 Å². The van der Waals surface area contributed by atoms with Crippen LogP contribution < -0.4 is 4.74 Å². The molecule has 0 saturated carbocycles. The molecule has 0 N–H and O–H groups in total. The van der Waals surface area contributed by atoms with Gasteiger partial charge in [-0.05, 0) is 55.8 Å². The van der Waals surface area contributed by atoms with Gasteiger partial charge in [0.2, 0.25) is 0 Å². The van der Waals surface area contributed by atoms with Crippen molar-refractivity contribution in [3.63, 3.8) is 0 Å². The van der Waals surface area contributed by atoms with Gasteiger partial charge in [0, 0.05) is 12.1 Å². The number of Topliss-reactive ketones (excluding diaryl/α,β-unsaturated/α-hetero) is 1. The lowest BCUT2D eigenvalue weighted by atomic mass is 9.90. The maximum atomic E-state index is 13.1. The van der Waals surface area contributed by atoms with Gasteiger partial charge in [-0.25, -0.2) is 0 Å². The number of nitrogens with zero attached hydrogens (tertiary/aromatic N) is 1. The van der Waals surface area contributed by atoms with Crippen LogP contribution in [0.3, 0.4) is 0 Å². The Morgan fingerprint density at radius 2 is 1.70 bits per heavy atom. The Labute approximate surface area is 137 Å². The second-order valence-electron chi connectivity index (χ2n) is 6.06. The van der Waals surface area contributed by atoms with Crippen molar-refractivity contribution >= 4 is 5.78 Å². The third-order valence-electron chi connectivity index (χ3n) is 4.53. The van der Waals surface area contributed by atoms with E-state index in [-0.39, 0.29) is 11.7 Å². The van der Waals surface area contributed by atoms with Gasteiger partial charge in [-0.2, -0.15) is 0 Å². The van der Waals surface area contributed by atoms with Crippen molar-refractivity contribution in [1.29, 1.82) is 0 Å². The summed E-state index contributed by atoms with van der Waals surface area (Å²) in [6.45, 7) is 2.99. The summed E-state index contributed by atoms with van der Waals surface area (Å²) in [5.74, 6) is 0.853. The molecule has 23 heavy (non-hydrogen) atoms. The average Bonchev–Trinajstić information content (AvgIpc) is 3.13. The van der Waals surface area contributed by atoms with Crippen LogP contribution in [0.2, 0.25) is 0 Å². The van der Waals surface area contributed by atoms with Gasteiger partial charge in [0.25, 0.3) is 0 Å². The number of rotatable bonds is 6. The predicted molar refractivity (Wildman–Crippen MR) is 92.2 cm³/mol. The maximum absolute atomic E-state index is 13.1. The Balaban J connectivity index is 1.85. The lowest BCUT2D eigenvalue weighted by Gasteiger charge is -2.23. The molecule has 3 heteroatoms. The van der Waals surface area contributed by atoms with E-state index in [1.54, 1.807) is 7.11 Å². The maximum Gasteiger partial charge on any atom is 0.171 e. The summed E-state index contributed by atoms with van der Waals surface area (Å²) in [4.78, 5) is 15.5. The molecule has 0 amide bonds. The Kier molecular flexibility index (Phi) is 5.09. The number of hydrogen-bond acceptors (Lipinski definition) is 3. The minimum atomic E-state index is -0.109. The first-order valence-corrected chi connectivity index (χ1v) is 8.23. The fraction of sp³-hybridized carbons (Fsp3) is 0.350. The zero-order valence-corrected chi connectivity index (χ0v) is 13.6. The molecule has 0 unspecified atom stereocenters. The van der Waals surface area contributed by atoms with Gasteiger partial charge in [-0.15, -0.1) is 0 Å². The molecule has 1 aliphatic heterocycles. The van der Waals surface area contributed by atoms with Crippen LogP contribution in [0.25, 0.3) is 0 Å². The number of ether oxygens (including phenoxy) is 1. The van der Waals surface area contributed by atoms with Crippen molar-refractivity contribution in [2.45, 2.75) is 18.8 Å². The minimum Gasteiger partial charge on any atom is -0.497 e. The SMILES string of the molecule is COc1ccc(C(=O)[C@@H](CN2CCCC2)c2ccccc2)cc1. The minimum absolute atomic E-state index is 0.109. The third-order valence-corrected chi connectivity index (χ3v) is 4.53. The molecular weight excluding hydrogens is 286 g/mol. The first kappa shape index (κ1) is 15.8. The first-order chi connectivity index (χ1) is 11.3. The van der Waals surface area contributed by atoms with Gasteiger partial charge in [0.05, 0.1) is 13.0 Å². The fourth-order valence-electron chi connectivity index (χ4n) is 3.20. The average molecular weight is 309 g/mol. The molecule has 1 aliphatic rings. The predicted octanol–water partition coefficient (Wildman–Crippen LogP) is 3.76. The van der Waals surface area contributed by atoms with Crippen LogP contribution in [-0.2, 0) is 0 Å². The number of likely N-dealkylation sites (tertiary alicyclic amines) is 1. The van der Waals surface area contributed by atoms with Crippen LogP contribution in [0.15, 0.2) is 54.6 Å². The van der Waals surface area contributed by atoms with Gasteiger partial charge in [0.1, 0.15) is 5.75 Å². The monoisotopic (exact) mass is 309 g/mol. The summed E-state index contributed by atoms with van der Waals surface area (Å²) >= 11 is 0. The number of methoxy groups -OCH3 is 1. The molecule has 1 heterocycles. The van der Waals surface area contributed by atoms with Crippen molar-refractivity contribution in [2.24, 2.45) is 0 Å². The number of benzene rings is 2. The van der Waals surface area contributed by atoms with Gasteiger partial charge in [-0.1, -0.05) is 30.3 Å². The molecule has 2 aromatic carbocycles. The molecule has 2 aromatic rings. The van der Waals surface area contributed by atoms with Crippen molar-refractivity contribution in [3.05, 3.63) is 65.7 Å². The van der Waals surface area contributed by atoms with Gasteiger partial charge >= 0.3 is 0 Å². The normalized spacial score (nSPS) is 16.2. The Bertz CT molecular complexity index is 630. The highest BCUT2D eigenvalue weighted by Crippen LogP contribution is 2.25. The van der Waals surface area contributed by atoms with Crippen LogP contribution in [-0.4, -0.2) is 37.4 Å². The largest absolute Gasteiger partial charge is 0.497 e. The van der Waals surface area contributed by atoms with Crippen molar-refractivity contribution in [2.75, 3.05) is 26.7 Å². The Morgan fingerprint density at radius 1 is 1.04 bits per heavy atom. The lowest BCUT2D eigenvalue weighted by Crippen LogP contribution is -2.30. The second-order valence-corrected chi connectivity index (χ2v) is 6.06. The topological polar surface area (TPSA) is 29.5 Å². The summed E-state index contributed by atoms with van der Waals surface area (Å²) in [6, 6.07) is 17.6. The zero-order valence-electron chi connectivity index (χ0n) is 13.6. The standard InChI is InChI=1S/C20H23NO2/c1-23-18-11-9-17(10-12-18)20(22)19(15-21-13-5-6-14-21)16-7-3-2-4-8-16/h2-4,7-12,19H,5-6,13-15H2,1H3/t19-/m0/s1. The summed E-state index contributed by atoms with van der Waals surface area (Å²) in [7, 11) is 1.64. The van der Waals surface area contributed by atoms with Gasteiger partial charge in [-0.3, -0.25) is 4.79 Å². The Morgan fingerprint density at radius 3 is 2.30 bits per heavy atom. The highest BCUT2D eigenvalue weighted by atomic mass is 16.5. The molecule has 3 rings (SSSR count). The first-order valence-electron chi connectivity index (χ1n) is 8.23. The number of hydrogen-bond donors (Lipinski definition) is 0. The zero-order chi connectivity index (χ0) is 16.1. The van der Waals surface area contributed by atoms with E-state index in [0.29, 0.717) is 0 Å². The van der Waals surface area contributed by atoms with Crippen LogP contribution in [0.4, 0.5) is 0 Å². The number of carbonyl (C=O) groups is 1. The molecule has 0 radical (unpaired) electrons. The smallest absolute Gasteiger partial charge is 0.171 e. The molecule has 0 aromatic heterocycles. The van der Waals surface area contributed by atoms with Crippen LogP contribution in [0, 0.1) is 0 Å². The van der Waals surface area contributed by atoms with Gasteiger partial charge < -0.3 is 9.64 Å². The highest BCUT2D eigenvalue weighted by Gasteiger charge is 2.25. The lowest BCUT2D eigenvalue weighted by molar-refractivity contribution is 0.0939. The molecule has 1 atom stereocenters. The fourth-order valence-corrected chi connectivity index (χ4v) is 3.20. The summed E-state index contributed by atoms with van der Waals surface area (Å²) < 4.78 is 5.18. The van der Waals surface area contributed by atoms with E-state index in [1.807, 2.05) is 42.5 Å². The van der Waals surface area contributed by atoms with E-state index < -0.39 is 0 Å². The molecule has 3 nitrogen and oxygen atoms in total. The van der Waals surface area contributed by atoms with Crippen molar-refractivity contribution < 1.29 is 9.53 Å². The van der Waals surface area contributed by atoms with Crippen molar-refractivity contribution in [1.82, 2.24) is 4.90 Å². The van der Waals surface area contributed by atoms with Gasteiger partial charge in [0.15, 0.2) is 5.78 Å². The van der Waals surface area contributed by atoms with E-state index in [4.69, 9.17) is 4.74 Å². The summed E-state index contributed by atoms with van der Waals surface area (Å²) in [5.41, 5.74) is 1.85. The Hall–Kier alpha value is -2.13. The number of ketones is 1. The molecule has 1 fully saturated rings. The third kappa shape index (κ3) is 3.80. The van der Waals surface area contributed by atoms with E-state index in [2.05, 4.69) is 17.0 Å². The van der Waals surface area contributed by atoms with E-state index in [0.717, 1.165) is 36.5 Å². The molecular formula is C20H23NO2. The summed E-state index contributed by atoms with van der Waals surface area (Å²) in [6.07, 6.45) is 2.47. The summed E-state index contributed by atoms with van der Waals surface area (Å²) in [5, 5.41) is 0. The molecule has 120 valence electrons. The molecule has 0 spiro atoms. The molecule has 0 bridgehead atoms. The highest BCUT2D eigenvalue weighted by molar-refractivity contribution is 6.01. The van der Waals surface area contributed by atoms with Crippen LogP contribution in [0.1, 0.15) is 34.7 Å².